The largest absolute Gasteiger partial charge is 0.394 e. The summed E-state index contributed by atoms with van der Waals surface area (Å²) in [6.45, 7) is -0.558. The molecule has 0 aromatic heterocycles. The van der Waals surface area contributed by atoms with E-state index >= 15 is 0 Å². The molecule has 22 heavy (non-hydrogen) atoms. The van der Waals surface area contributed by atoms with Gasteiger partial charge in [-0.2, -0.15) is 0 Å². The predicted octanol–water partition coefficient (Wildman–Crippen LogP) is 2.63. The maximum atomic E-state index is 13.6. The summed E-state index contributed by atoms with van der Waals surface area (Å²) in [6.07, 6.45) is 0. The summed E-state index contributed by atoms with van der Waals surface area (Å²) in [5.41, 5.74) is 0.437. The van der Waals surface area contributed by atoms with Gasteiger partial charge in [-0.25, -0.2) is 21.9 Å². The highest BCUT2D eigenvalue weighted by Crippen LogP contribution is 2.21. The van der Waals surface area contributed by atoms with Crippen molar-refractivity contribution in [1.29, 1.82) is 0 Å². The SMILES string of the molecule is O=S(=O)(NC(CO)c1ccc(Cl)cc1)c1cc(F)ccc1F. The third-order valence-electron chi connectivity index (χ3n) is 2.94. The number of hydrogen-bond acceptors (Lipinski definition) is 3. The molecule has 1 atom stereocenters. The van der Waals surface area contributed by atoms with E-state index in [1.807, 2.05) is 0 Å². The van der Waals surface area contributed by atoms with E-state index < -0.39 is 39.2 Å². The molecule has 0 fully saturated rings. The number of nitrogens with one attached hydrogen (secondary N) is 1. The lowest BCUT2D eigenvalue weighted by atomic mass is 10.1. The van der Waals surface area contributed by atoms with E-state index in [-0.39, 0.29) is 0 Å². The number of halogens is 3. The number of benzene rings is 2. The van der Waals surface area contributed by atoms with E-state index in [4.69, 9.17) is 11.6 Å². The topological polar surface area (TPSA) is 66.4 Å². The lowest BCUT2D eigenvalue weighted by Crippen LogP contribution is -2.31. The van der Waals surface area contributed by atoms with Crippen LogP contribution in [0.1, 0.15) is 11.6 Å². The van der Waals surface area contributed by atoms with Gasteiger partial charge in [-0.05, 0) is 35.9 Å². The Balaban J connectivity index is 2.33. The molecule has 0 radical (unpaired) electrons. The first-order chi connectivity index (χ1) is 10.3. The Morgan fingerprint density at radius 2 is 1.77 bits per heavy atom. The van der Waals surface area contributed by atoms with Crippen LogP contribution in [0.2, 0.25) is 5.02 Å². The second kappa shape index (κ2) is 6.70. The molecule has 8 heteroatoms. The summed E-state index contributed by atoms with van der Waals surface area (Å²) >= 11 is 5.73. The summed E-state index contributed by atoms with van der Waals surface area (Å²) in [6, 6.07) is 7.20. The smallest absolute Gasteiger partial charge is 0.244 e. The van der Waals surface area contributed by atoms with Crippen molar-refractivity contribution >= 4 is 21.6 Å². The molecule has 0 saturated carbocycles. The Labute approximate surface area is 131 Å². The molecule has 0 spiro atoms. The average molecular weight is 348 g/mol. The highest BCUT2D eigenvalue weighted by molar-refractivity contribution is 7.89. The molecule has 1 unspecified atom stereocenters. The molecule has 0 aliphatic heterocycles. The second-order valence-electron chi connectivity index (χ2n) is 4.48. The average Bonchev–Trinajstić information content (AvgIpc) is 2.48. The van der Waals surface area contributed by atoms with Crippen molar-refractivity contribution in [3.63, 3.8) is 0 Å². The Bertz CT molecular complexity index is 766. The lowest BCUT2D eigenvalue weighted by Gasteiger charge is -2.17. The van der Waals surface area contributed by atoms with Crippen LogP contribution < -0.4 is 4.72 Å². The van der Waals surface area contributed by atoms with Gasteiger partial charge in [-0.3, -0.25) is 0 Å². The van der Waals surface area contributed by atoms with Crippen molar-refractivity contribution in [2.75, 3.05) is 6.61 Å². The van der Waals surface area contributed by atoms with Crippen LogP contribution in [0.4, 0.5) is 8.78 Å². The van der Waals surface area contributed by atoms with E-state index in [1.54, 1.807) is 0 Å². The summed E-state index contributed by atoms with van der Waals surface area (Å²) in [4.78, 5) is -0.820. The van der Waals surface area contributed by atoms with Gasteiger partial charge in [-0.15, -0.1) is 0 Å². The van der Waals surface area contributed by atoms with Gasteiger partial charge in [0.15, 0.2) is 0 Å². The molecular weight excluding hydrogens is 336 g/mol. The number of rotatable bonds is 5. The Morgan fingerprint density at radius 1 is 1.14 bits per heavy atom. The number of sulfonamides is 1. The molecule has 0 amide bonds. The highest BCUT2D eigenvalue weighted by Gasteiger charge is 2.24. The van der Waals surface area contributed by atoms with Gasteiger partial charge in [0, 0.05) is 5.02 Å². The minimum atomic E-state index is -4.34. The van der Waals surface area contributed by atoms with E-state index in [9.17, 15) is 22.3 Å². The molecule has 0 aliphatic carbocycles. The Kier molecular flexibility index (Phi) is 5.12. The van der Waals surface area contributed by atoms with Crippen molar-refractivity contribution in [3.05, 3.63) is 64.7 Å². The fourth-order valence-electron chi connectivity index (χ4n) is 1.84. The minimum absolute atomic E-state index is 0.437. The molecule has 0 saturated heterocycles. The van der Waals surface area contributed by atoms with Gasteiger partial charge in [0.05, 0.1) is 12.6 Å². The molecule has 0 bridgehead atoms. The van der Waals surface area contributed by atoms with E-state index in [0.717, 1.165) is 12.1 Å². The minimum Gasteiger partial charge on any atom is -0.394 e. The molecular formula is C14H12ClF2NO3S. The Morgan fingerprint density at radius 3 is 2.36 bits per heavy atom. The third-order valence-corrected chi connectivity index (χ3v) is 4.67. The second-order valence-corrected chi connectivity index (χ2v) is 6.60. The van der Waals surface area contributed by atoms with Crippen molar-refractivity contribution in [1.82, 2.24) is 4.72 Å². The zero-order valence-electron chi connectivity index (χ0n) is 11.1. The lowest BCUT2D eigenvalue weighted by molar-refractivity contribution is 0.258. The molecule has 0 heterocycles. The van der Waals surface area contributed by atoms with Crippen LogP contribution in [-0.2, 0) is 10.0 Å². The van der Waals surface area contributed by atoms with E-state index in [2.05, 4.69) is 4.72 Å². The van der Waals surface area contributed by atoms with E-state index in [0.29, 0.717) is 16.7 Å². The fourth-order valence-corrected chi connectivity index (χ4v) is 3.27. The van der Waals surface area contributed by atoms with Gasteiger partial charge in [0.25, 0.3) is 0 Å². The first-order valence-electron chi connectivity index (χ1n) is 6.17. The maximum absolute atomic E-state index is 13.6. The van der Waals surface area contributed by atoms with Crippen LogP contribution in [0.15, 0.2) is 47.4 Å². The van der Waals surface area contributed by atoms with Crippen LogP contribution >= 0.6 is 11.6 Å². The highest BCUT2D eigenvalue weighted by atomic mass is 35.5. The Hall–Kier alpha value is -1.54. The zero-order valence-corrected chi connectivity index (χ0v) is 12.7. The summed E-state index contributed by atoms with van der Waals surface area (Å²) < 4.78 is 53.2. The van der Waals surface area contributed by atoms with Gasteiger partial charge >= 0.3 is 0 Å². The summed E-state index contributed by atoms with van der Waals surface area (Å²) in [7, 11) is -4.34. The van der Waals surface area contributed by atoms with Crippen LogP contribution in [0.3, 0.4) is 0 Å². The quantitative estimate of drug-likeness (QED) is 0.873. The van der Waals surface area contributed by atoms with Crippen molar-refractivity contribution in [2.24, 2.45) is 0 Å². The molecule has 4 nitrogen and oxygen atoms in total. The fraction of sp³-hybridized carbons (Fsp3) is 0.143. The first-order valence-corrected chi connectivity index (χ1v) is 8.03. The van der Waals surface area contributed by atoms with Crippen LogP contribution in [0.5, 0.6) is 0 Å². The van der Waals surface area contributed by atoms with Gasteiger partial charge < -0.3 is 5.11 Å². The molecule has 2 N–H and O–H groups in total. The molecule has 2 aromatic rings. The standard InChI is InChI=1S/C14H12ClF2NO3S/c15-10-3-1-9(2-4-10)13(8-19)18-22(20,21)14-7-11(16)5-6-12(14)17/h1-7,13,18-19H,8H2. The van der Waals surface area contributed by atoms with Gasteiger partial charge in [-0.1, -0.05) is 23.7 Å². The van der Waals surface area contributed by atoms with Crippen LogP contribution in [0, 0.1) is 11.6 Å². The van der Waals surface area contributed by atoms with Gasteiger partial charge in [0.1, 0.15) is 16.5 Å². The molecule has 2 rings (SSSR count). The summed E-state index contributed by atoms with van der Waals surface area (Å²) in [5, 5.41) is 9.80. The van der Waals surface area contributed by atoms with E-state index in [1.165, 1.54) is 24.3 Å². The van der Waals surface area contributed by atoms with Crippen molar-refractivity contribution < 1.29 is 22.3 Å². The predicted molar refractivity (Wildman–Crippen MR) is 78.0 cm³/mol. The number of aliphatic hydroxyl groups is 1. The molecule has 118 valence electrons. The maximum Gasteiger partial charge on any atom is 0.244 e. The molecule has 0 aliphatic rings. The monoisotopic (exact) mass is 347 g/mol. The van der Waals surface area contributed by atoms with Crippen molar-refractivity contribution in [2.45, 2.75) is 10.9 Å². The molecule has 2 aromatic carbocycles. The first kappa shape index (κ1) is 16.8. The zero-order chi connectivity index (χ0) is 16.3. The van der Waals surface area contributed by atoms with Crippen LogP contribution in [0.25, 0.3) is 0 Å². The number of hydrogen-bond donors (Lipinski definition) is 2. The number of aliphatic hydroxyl groups excluding tert-OH is 1. The summed E-state index contributed by atoms with van der Waals surface area (Å²) in [5.74, 6) is -1.96. The third kappa shape index (κ3) is 3.80. The normalized spacial score (nSPS) is 13.1. The van der Waals surface area contributed by atoms with Crippen molar-refractivity contribution in [3.8, 4) is 0 Å². The van der Waals surface area contributed by atoms with Gasteiger partial charge in [0.2, 0.25) is 10.0 Å². The van der Waals surface area contributed by atoms with Crippen LogP contribution in [-0.4, -0.2) is 20.1 Å².